The molecule has 0 amide bonds. The second kappa shape index (κ2) is 4.04. The maximum atomic E-state index is 11.0. The molecule has 0 aliphatic heterocycles. The van der Waals surface area contributed by atoms with Crippen LogP contribution in [0.3, 0.4) is 0 Å². The highest BCUT2D eigenvalue weighted by Crippen LogP contribution is 1.98. The molecule has 1 aromatic rings. The highest BCUT2D eigenvalue weighted by atomic mass is 16.1. The molecule has 5 heteroatoms. The van der Waals surface area contributed by atoms with Gasteiger partial charge in [-0.05, 0) is 6.42 Å². The zero-order valence-corrected chi connectivity index (χ0v) is 7.58. The summed E-state index contributed by atoms with van der Waals surface area (Å²) in [5.41, 5.74) is 10.9. The van der Waals surface area contributed by atoms with Gasteiger partial charge in [0.05, 0.1) is 0 Å². The number of nitrogen functional groups attached to an aromatic ring is 1. The van der Waals surface area contributed by atoms with E-state index in [-0.39, 0.29) is 17.4 Å². The van der Waals surface area contributed by atoms with Gasteiger partial charge in [0.15, 0.2) is 0 Å². The lowest BCUT2D eigenvalue weighted by atomic mass is 10.1. The number of aromatic nitrogens is 2. The number of nitrogens with zero attached hydrogens (tertiary/aromatic N) is 1. The molecule has 0 aliphatic carbocycles. The minimum absolute atomic E-state index is 0.0185. The highest BCUT2D eigenvalue weighted by molar-refractivity contribution is 5.25. The lowest BCUT2D eigenvalue weighted by Gasteiger charge is -2.07. The molecule has 1 atom stereocenters. The smallest absolute Gasteiger partial charge is 0.252 e. The number of nitrogens with two attached hydrogens (primary N) is 2. The largest absolute Gasteiger partial charge is 0.383 e. The maximum absolute atomic E-state index is 11.0. The molecule has 72 valence electrons. The fraction of sp³-hybridized carbons (Fsp3) is 0.500. The predicted molar refractivity (Wildman–Crippen MR) is 51.2 cm³/mol. The van der Waals surface area contributed by atoms with E-state index in [1.165, 1.54) is 6.07 Å². The van der Waals surface area contributed by atoms with Crippen LogP contribution in [0, 0.1) is 0 Å². The molecule has 5 nitrogen and oxygen atoms in total. The summed E-state index contributed by atoms with van der Waals surface area (Å²) in [6.07, 6.45) is 1.40. The Morgan fingerprint density at radius 1 is 1.69 bits per heavy atom. The Bertz CT molecular complexity index is 333. The van der Waals surface area contributed by atoms with Crippen molar-refractivity contribution in [3.63, 3.8) is 0 Å². The fourth-order valence-electron chi connectivity index (χ4n) is 1.02. The number of H-pyrrole nitrogens is 1. The van der Waals surface area contributed by atoms with E-state index in [0.717, 1.165) is 6.42 Å². The molecular weight excluding hydrogens is 168 g/mol. The van der Waals surface area contributed by atoms with Crippen molar-refractivity contribution in [2.24, 2.45) is 5.73 Å². The molecule has 0 aliphatic rings. The molecule has 0 bridgehead atoms. The van der Waals surface area contributed by atoms with Gasteiger partial charge in [0.2, 0.25) is 0 Å². The first-order chi connectivity index (χ1) is 6.11. The average Bonchev–Trinajstić information content (AvgIpc) is 2.02. The van der Waals surface area contributed by atoms with Gasteiger partial charge in [-0.3, -0.25) is 4.79 Å². The quantitative estimate of drug-likeness (QED) is 0.594. The Kier molecular flexibility index (Phi) is 3.02. The third kappa shape index (κ3) is 2.87. The van der Waals surface area contributed by atoms with Crippen molar-refractivity contribution in [1.82, 2.24) is 9.97 Å². The van der Waals surface area contributed by atoms with Gasteiger partial charge in [-0.15, -0.1) is 0 Å². The molecule has 0 saturated carbocycles. The second-order valence-electron chi connectivity index (χ2n) is 2.99. The fourth-order valence-corrected chi connectivity index (χ4v) is 1.02. The van der Waals surface area contributed by atoms with Gasteiger partial charge in [0.25, 0.3) is 5.56 Å². The van der Waals surface area contributed by atoms with Gasteiger partial charge in [-0.2, -0.15) is 0 Å². The van der Waals surface area contributed by atoms with E-state index in [1.54, 1.807) is 0 Å². The summed E-state index contributed by atoms with van der Waals surface area (Å²) in [6, 6.07) is 1.27. The molecule has 1 heterocycles. The molecule has 5 N–H and O–H groups in total. The average molecular weight is 182 g/mol. The molecule has 0 spiro atoms. The van der Waals surface area contributed by atoms with Gasteiger partial charge in [0, 0.05) is 18.5 Å². The van der Waals surface area contributed by atoms with Crippen molar-refractivity contribution in [2.45, 2.75) is 25.8 Å². The van der Waals surface area contributed by atoms with E-state index < -0.39 is 0 Å². The monoisotopic (exact) mass is 182 g/mol. The topological polar surface area (TPSA) is 97.8 Å². The molecule has 13 heavy (non-hydrogen) atoms. The number of hydrogen-bond donors (Lipinski definition) is 3. The predicted octanol–water partition coefficient (Wildman–Crippen LogP) is -0.368. The van der Waals surface area contributed by atoms with Crippen molar-refractivity contribution in [3.8, 4) is 0 Å². The molecule has 0 aromatic carbocycles. The van der Waals surface area contributed by atoms with Crippen LogP contribution in [-0.2, 0) is 6.42 Å². The van der Waals surface area contributed by atoms with E-state index in [2.05, 4.69) is 9.97 Å². The Morgan fingerprint density at radius 3 is 2.92 bits per heavy atom. The van der Waals surface area contributed by atoms with Crippen molar-refractivity contribution in [1.29, 1.82) is 0 Å². The number of hydrogen-bond acceptors (Lipinski definition) is 4. The molecule has 0 fully saturated rings. The van der Waals surface area contributed by atoms with Crippen LogP contribution < -0.4 is 17.0 Å². The molecular formula is C8H14N4O. The van der Waals surface area contributed by atoms with Crippen molar-refractivity contribution in [3.05, 3.63) is 22.2 Å². The maximum Gasteiger partial charge on any atom is 0.252 e. The Hall–Kier alpha value is -1.36. The van der Waals surface area contributed by atoms with Crippen LogP contribution in [-0.4, -0.2) is 16.0 Å². The van der Waals surface area contributed by atoms with Crippen LogP contribution in [0.15, 0.2) is 10.9 Å². The summed E-state index contributed by atoms with van der Waals surface area (Å²) < 4.78 is 0. The summed E-state index contributed by atoms with van der Waals surface area (Å²) in [5, 5.41) is 0. The molecule has 0 saturated heterocycles. The van der Waals surface area contributed by atoms with Crippen LogP contribution in [0.5, 0.6) is 0 Å². The lowest BCUT2D eigenvalue weighted by Crippen LogP contribution is -2.24. The Morgan fingerprint density at radius 2 is 2.38 bits per heavy atom. The number of aromatic amines is 1. The Labute approximate surface area is 76.2 Å². The molecule has 1 rings (SSSR count). The standard InChI is InChI=1S/C8H14N4O/c1-2-5(9)3-7-11-6(10)4-8(13)12-7/h4-5H,2-3,9H2,1H3,(H3,10,11,12,13). The van der Waals surface area contributed by atoms with Gasteiger partial charge in [-0.25, -0.2) is 4.98 Å². The van der Waals surface area contributed by atoms with Crippen molar-refractivity contribution in [2.75, 3.05) is 5.73 Å². The number of rotatable bonds is 3. The van der Waals surface area contributed by atoms with Crippen molar-refractivity contribution < 1.29 is 0 Å². The van der Waals surface area contributed by atoms with E-state index in [1.807, 2.05) is 6.92 Å². The van der Waals surface area contributed by atoms with E-state index in [9.17, 15) is 4.79 Å². The molecule has 1 unspecified atom stereocenters. The molecule has 1 aromatic heterocycles. The number of nitrogens with one attached hydrogen (secondary N) is 1. The van der Waals surface area contributed by atoms with Crippen molar-refractivity contribution >= 4 is 5.82 Å². The van der Waals surface area contributed by atoms with E-state index >= 15 is 0 Å². The van der Waals surface area contributed by atoms with Crippen LogP contribution in [0.25, 0.3) is 0 Å². The first kappa shape index (κ1) is 9.73. The zero-order valence-electron chi connectivity index (χ0n) is 7.58. The number of anilines is 1. The van der Waals surface area contributed by atoms with Crippen LogP contribution in [0.4, 0.5) is 5.82 Å². The summed E-state index contributed by atoms with van der Waals surface area (Å²) in [4.78, 5) is 17.5. The molecule has 0 radical (unpaired) electrons. The Balaban J connectivity index is 2.83. The van der Waals surface area contributed by atoms with Gasteiger partial charge in [-0.1, -0.05) is 6.92 Å². The summed E-state index contributed by atoms with van der Waals surface area (Å²) in [7, 11) is 0. The van der Waals surface area contributed by atoms with Crippen LogP contribution in [0.2, 0.25) is 0 Å². The van der Waals surface area contributed by atoms with Gasteiger partial charge in [0.1, 0.15) is 11.6 Å². The zero-order chi connectivity index (χ0) is 9.84. The van der Waals surface area contributed by atoms with E-state index in [0.29, 0.717) is 12.2 Å². The van der Waals surface area contributed by atoms with Crippen LogP contribution >= 0.6 is 0 Å². The van der Waals surface area contributed by atoms with E-state index in [4.69, 9.17) is 11.5 Å². The normalized spacial score (nSPS) is 12.8. The summed E-state index contributed by atoms with van der Waals surface area (Å²) in [6.45, 7) is 1.98. The third-order valence-electron chi connectivity index (χ3n) is 1.79. The van der Waals surface area contributed by atoms with Crippen LogP contribution in [0.1, 0.15) is 19.2 Å². The van der Waals surface area contributed by atoms with Gasteiger partial charge < -0.3 is 16.5 Å². The minimum Gasteiger partial charge on any atom is -0.383 e. The lowest BCUT2D eigenvalue weighted by molar-refractivity contribution is 0.623. The first-order valence-corrected chi connectivity index (χ1v) is 4.23. The SMILES string of the molecule is CCC(N)Cc1nc(N)cc(=O)[nH]1. The minimum atomic E-state index is -0.231. The third-order valence-corrected chi connectivity index (χ3v) is 1.79. The highest BCUT2D eigenvalue weighted by Gasteiger charge is 2.04. The summed E-state index contributed by atoms with van der Waals surface area (Å²) >= 11 is 0. The first-order valence-electron chi connectivity index (χ1n) is 4.23. The summed E-state index contributed by atoms with van der Waals surface area (Å²) in [5.74, 6) is 0.793. The second-order valence-corrected chi connectivity index (χ2v) is 2.99. The van der Waals surface area contributed by atoms with Gasteiger partial charge >= 0.3 is 0 Å².